The van der Waals surface area contributed by atoms with E-state index in [9.17, 15) is 4.79 Å². The van der Waals surface area contributed by atoms with Crippen LogP contribution in [0.15, 0.2) is 53.0 Å². The summed E-state index contributed by atoms with van der Waals surface area (Å²) in [7, 11) is 0. The number of nitrogens with zero attached hydrogens (tertiary/aromatic N) is 2. The number of ether oxygens (including phenoxy) is 1. The number of H-pyrrole nitrogens is 1. The van der Waals surface area contributed by atoms with Gasteiger partial charge >= 0.3 is 0 Å². The van der Waals surface area contributed by atoms with Crippen molar-refractivity contribution in [3.05, 3.63) is 52.7 Å². The van der Waals surface area contributed by atoms with Gasteiger partial charge in [-0.15, -0.1) is 11.3 Å². The maximum absolute atomic E-state index is 12.0. The topological polar surface area (TPSA) is 70.2 Å². The van der Waals surface area contributed by atoms with Crippen LogP contribution in [0.5, 0.6) is 5.75 Å². The number of aromatic nitrogens is 2. The molecule has 2 aromatic heterocycles. The lowest BCUT2D eigenvalue weighted by Gasteiger charge is -2.25. The molecule has 0 atom stereocenters. The molecule has 0 saturated carbocycles. The Morgan fingerprint density at radius 3 is 3.00 bits per heavy atom. The zero-order chi connectivity index (χ0) is 21.3. The summed E-state index contributed by atoms with van der Waals surface area (Å²) in [6.07, 6.45) is 7.85. The van der Waals surface area contributed by atoms with Gasteiger partial charge in [-0.2, -0.15) is 0 Å². The Morgan fingerprint density at radius 2 is 2.13 bits per heavy atom. The Morgan fingerprint density at radius 1 is 1.26 bits per heavy atom. The Bertz CT molecular complexity index is 975. The fourth-order valence-corrected chi connectivity index (χ4v) is 5.07. The van der Waals surface area contributed by atoms with Crippen LogP contribution in [0.1, 0.15) is 24.1 Å². The van der Waals surface area contributed by atoms with Crippen LogP contribution in [0.3, 0.4) is 0 Å². The summed E-state index contributed by atoms with van der Waals surface area (Å²) >= 11 is 3.17. The number of carbonyl (C=O) groups is 1. The predicted octanol–water partition coefficient (Wildman–Crippen LogP) is 4.45. The lowest BCUT2D eigenvalue weighted by Crippen LogP contribution is -2.28. The van der Waals surface area contributed by atoms with Crippen molar-refractivity contribution in [2.24, 2.45) is 0 Å². The number of para-hydroxylation sites is 2. The van der Waals surface area contributed by atoms with Gasteiger partial charge in [0.15, 0.2) is 5.16 Å². The van der Waals surface area contributed by atoms with Gasteiger partial charge in [0.2, 0.25) is 5.91 Å². The van der Waals surface area contributed by atoms with E-state index in [2.05, 4.69) is 31.6 Å². The number of nitrogens with one attached hydrogen (secondary N) is 2. The third kappa shape index (κ3) is 6.85. The first-order valence-corrected chi connectivity index (χ1v) is 12.5. The smallest absolute Gasteiger partial charge is 0.230 e. The molecule has 0 bridgehead atoms. The highest BCUT2D eigenvalue weighted by molar-refractivity contribution is 7.99. The number of thioether (sulfide) groups is 1. The van der Waals surface area contributed by atoms with Gasteiger partial charge in [-0.05, 0) is 50.2 Å². The molecular formula is C23H28N4O2S2. The first-order valence-electron chi connectivity index (χ1n) is 10.7. The second-order valence-corrected chi connectivity index (χ2v) is 9.48. The second kappa shape index (κ2) is 11.4. The van der Waals surface area contributed by atoms with Crippen LogP contribution < -0.4 is 10.1 Å². The molecule has 8 heteroatoms. The maximum Gasteiger partial charge on any atom is 0.230 e. The molecule has 31 heavy (non-hydrogen) atoms. The quantitative estimate of drug-likeness (QED) is 0.348. The lowest BCUT2D eigenvalue weighted by atomic mass is 10.1. The highest BCUT2D eigenvalue weighted by Gasteiger charge is 2.11. The van der Waals surface area contributed by atoms with Crippen LogP contribution >= 0.6 is 23.1 Å². The van der Waals surface area contributed by atoms with Gasteiger partial charge in [0.25, 0.3) is 0 Å². The number of amides is 1. The van der Waals surface area contributed by atoms with Crippen LogP contribution in [0, 0.1) is 0 Å². The lowest BCUT2D eigenvalue weighted by molar-refractivity contribution is -0.118. The molecule has 3 heterocycles. The van der Waals surface area contributed by atoms with Crippen molar-refractivity contribution in [2.75, 3.05) is 32.0 Å². The Balaban J connectivity index is 1.09. The highest BCUT2D eigenvalue weighted by Crippen LogP contribution is 2.24. The predicted molar refractivity (Wildman–Crippen MR) is 128 cm³/mol. The summed E-state index contributed by atoms with van der Waals surface area (Å²) in [6, 6.07) is 9.99. The third-order valence-electron chi connectivity index (χ3n) is 5.10. The number of likely N-dealkylation sites (tertiary alicyclic amines) is 1. The average molecular weight is 457 g/mol. The molecule has 1 amide bonds. The first-order chi connectivity index (χ1) is 15.3. The number of carbonyl (C=O) groups excluding carboxylic acids is 1. The number of piperidine rings is 1. The van der Waals surface area contributed by atoms with Crippen molar-refractivity contribution in [2.45, 2.75) is 31.0 Å². The van der Waals surface area contributed by atoms with Crippen molar-refractivity contribution >= 4 is 40.0 Å². The molecule has 164 valence electrons. The Kier molecular flexibility index (Phi) is 8.04. The van der Waals surface area contributed by atoms with E-state index in [1.807, 2.05) is 36.4 Å². The first kappa shape index (κ1) is 21.9. The van der Waals surface area contributed by atoms with Crippen molar-refractivity contribution < 1.29 is 9.53 Å². The maximum atomic E-state index is 12.0. The van der Waals surface area contributed by atoms with Gasteiger partial charge in [-0.1, -0.05) is 36.4 Å². The monoisotopic (exact) mass is 456 g/mol. The summed E-state index contributed by atoms with van der Waals surface area (Å²) in [5.41, 5.74) is 1.90. The number of hydrogen-bond donors (Lipinski definition) is 2. The number of aromatic amines is 1. The zero-order valence-electron chi connectivity index (χ0n) is 17.5. The largest absolute Gasteiger partial charge is 0.489 e. The standard InChI is InChI=1S/C23H28N4O2S2/c28-22(17-31-23-25-20-8-2-3-9-21(20)26-23)24-10-4-7-13-29-18-14-19(30-16-18)15-27-11-5-1-6-12-27/h2-4,7-9,14,16H,1,5-6,10-13,15,17H2,(H,24,28)(H,25,26). The molecule has 1 aromatic carbocycles. The molecule has 2 N–H and O–H groups in total. The molecule has 1 aliphatic heterocycles. The molecule has 3 aromatic rings. The van der Waals surface area contributed by atoms with Crippen molar-refractivity contribution in [1.82, 2.24) is 20.2 Å². The van der Waals surface area contributed by atoms with Gasteiger partial charge in [0.1, 0.15) is 12.4 Å². The minimum atomic E-state index is -0.0174. The summed E-state index contributed by atoms with van der Waals surface area (Å²) in [6.45, 7) is 4.44. The summed E-state index contributed by atoms with van der Waals surface area (Å²) in [5.74, 6) is 1.24. The third-order valence-corrected chi connectivity index (χ3v) is 6.87. The van der Waals surface area contributed by atoms with E-state index in [4.69, 9.17) is 4.74 Å². The van der Waals surface area contributed by atoms with Crippen molar-refractivity contribution in [1.29, 1.82) is 0 Å². The van der Waals surface area contributed by atoms with Crippen LogP contribution in [-0.2, 0) is 11.3 Å². The Labute approximate surface area is 191 Å². The molecule has 1 saturated heterocycles. The van der Waals surface area contributed by atoms with E-state index in [1.165, 1.54) is 49.0 Å². The van der Waals surface area contributed by atoms with Gasteiger partial charge in [0.05, 0.1) is 16.8 Å². The molecule has 0 unspecified atom stereocenters. The van der Waals surface area contributed by atoms with Crippen LogP contribution in [0.4, 0.5) is 0 Å². The van der Waals surface area contributed by atoms with E-state index in [1.54, 1.807) is 11.3 Å². The molecule has 0 radical (unpaired) electrons. The zero-order valence-corrected chi connectivity index (χ0v) is 19.1. The fourth-order valence-electron chi connectivity index (χ4n) is 3.51. The number of thiophene rings is 1. The van der Waals surface area contributed by atoms with E-state index in [0.29, 0.717) is 18.9 Å². The van der Waals surface area contributed by atoms with E-state index in [-0.39, 0.29) is 5.91 Å². The molecule has 4 rings (SSSR count). The molecule has 1 aliphatic rings. The van der Waals surface area contributed by atoms with Crippen molar-refractivity contribution in [3.63, 3.8) is 0 Å². The van der Waals surface area contributed by atoms with Gasteiger partial charge < -0.3 is 15.0 Å². The summed E-state index contributed by atoms with van der Waals surface area (Å²) < 4.78 is 5.79. The van der Waals surface area contributed by atoms with Crippen LogP contribution in [-0.4, -0.2) is 52.8 Å². The molecule has 0 spiro atoms. The molecular weight excluding hydrogens is 428 g/mol. The van der Waals surface area contributed by atoms with Gasteiger partial charge in [-0.3, -0.25) is 9.69 Å². The minimum Gasteiger partial charge on any atom is -0.489 e. The number of imidazole rings is 1. The van der Waals surface area contributed by atoms with E-state index >= 15 is 0 Å². The van der Waals surface area contributed by atoms with Crippen LogP contribution in [0.2, 0.25) is 0 Å². The van der Waals surface area contributed by atoms with Gasteiger partial charge in [-0.25, -0.2) is 4.98 Å². The average Bonchev–Trinajstić information content (AvgIpc) is 3.41. The Hall–Kier alpha value is -2.29. The molecule has 1 fully saturated rings. The normalized spacial score (nSPS) is 15.0. The number of hydrogen-bond acceptors (Lipinski definition) is 6. The fraction of sp³-hybridized carbons (Fsp3) is 0.391. The van der Waals surface area contributed by atoms with E-state index < -0.39 is 0 Å². The molecule has 0 aliphatic carbocycles. The summed E-state index contributed by atoms with van der Waals surface area (Å²) in [4.78, 5) is 23.6. The number of benzene rings is 1. The molecule has 6 nitrogen and oxygen atoms in total. The SMILES string of the molecule is O=C(CSc1nc2ccccc2[nH]1)NCC=CCOc1csc(CN2CCCCC2)c1. The number of fused-ring (bicyclic) bond motifs is 1. The highest BCUT2D eigenvalue weighted by atomic mass is 32.2. The summed E-state index contributed by atoms with van der Waals surface area (Å²) in [5, 5.41) is 5.72. The van der Waals surface area contributed by atoms with E-state index in [0.717, 1.165) is 28.5 Å². The second-order valence-electron chi connectivity index (χ2n) is 7.52. The van der Waals surface area contributed by atoms with Crippen LogP contribution in [0.25, 0.3) is 11.0 Å². The van der Waals surface area contributed by atoms with Crippen molar-refractivity contribution in [3.8, 4) is 5.75 Å². The number of rotatable bonds is 10. The van der Waals surface area contributed by atoms with Gasteiger partial charge in [0, 0.05) is 23.3 Å². The minimum absolute atomic E-state index is 0.0174.